The van der Waals surface area contributed by atoms with Gasteiger partial charge in [0.1, 0.15) is 5.69 Å². The molecule has 0 fully saturated rings. The van der Waals surface area contributed by atoms with Gasteiger partial charge >= 0.3 is 5.97 Å². The smallest absolute Gasteiger partial charge is 0.356 e. The fourth-order valence-corrected chi connectivity index (χ4v) is 1.60. The topological polar surface area (TPSA) is 52.1 Å². The molecular weight excluding hydrogens is 228 g/mol. The summed E-state index contributed by atoms with van der Waals surface area (Å²) in [5, 5.41) is 0. The first kappa shape index (κ1) is 12.2. The van der Waals surface area contributed by atoms with Crippen molar-refractivity contribution in [2.45, 2.75) is 13.8 Å². The molecule has 0 spiro atoms. The highest BCUT2D eigenvalue weighted by atomic mass is 16.5. The van der Waals surface area contributed by atoms with Crippen LogP contribution in [0.3, 0.4) is 0 Å². The second-order valence-corrected chi connectivity index (χ2v) is 3.87. The van der Waals surface area contributed by atoms with Crippen molar-refractivity contribution in [2.75, 3.05) is 6.61 Å². The molecule has 0 radical (unpaired) electrons. The fraction of sp³-hybridized carbons (Fsp3) is 0.214. The number of hydrogen-bond donors (Lipinski definition) is 0. The van der Waals surface area contributed by atoms with Gasteiger partial charge in [0.15, 0.2) is 0 Å². The largest absolute Gasteiger partial charge is 0.461 e. The van der Waals surface area contributed by atoms with E-state index in [-0.39, 0.29) is 0 Å². The number of aryl methyl sites for hydroxylation is 1. The van der Waals surface area contributed by atoms with Crippen LogP contribution in [0.5, 0.6) is 0 Å². The van der Waals surface area contributed by atoms with Crippen molar-refractivity contribution in [3.05, 3.63) is 47.9 Å². The van der Waals surface area contributed by atoms with E-state index >= 15 is 0 Å². The van der Waals surface area contributed by atoms with E-state index in [9.17, 15) is 4.79 Å². The Bertz CT molecular complexity index is 567. The molecule has 0 aliphatic carbocycles. The number of carbonyl (C=O) groups is 1. The number of hydrogen-bond acceptors (Lipinski definition) is 4. The van der Waals surface area contributed by atoms with Gasteiger partial charge in [0.05, 0.1) is 12.3 Å². The van der Waals surface area contributed by atoms with Crippen LogP contribution in [-0.2, 0) is 4.74 Å². The molecule has 18 heavy (non-hydrogen) atoms. The Morgan fingerprint density at radius 2 is 2.00 bits per heavy atom. The summed E-state index contributed by atoms with van der Waals surface area (Å²) in [5.41, 5.74) is 3.10. The van der Waals surface area contributed by atoms with Gasteiger partial charge in [-0.1, -0.05) is 0 Å². The minimum absolute atomic E-state index is 0.303. The first-order chi connectivity index (χ1) is 8.70. The summed E-state index contributed by atoms with van der Waals surface area (Å²) in [6.45, 7) is 4.11. The third-order valence-corrected chi connectivity index (χ3v) is 2.46. The summed E-state index contributed by atoms with van der Waals surface area (Å²) in [6, 6.07) is 7.41. The van der Waals surface area contributed by atoms with Gasteiger partial charge in [0.2, 0.25) is 0 Å². The van der Waals surface area contributed by atoms with Gasteiger partial charge in [-0.2, -0.15) is 0 Å². The minimum atomic E-state index is -0.410. The van der Waals surface area contributed by atoms with Crippen LogP contribution in [0.15, 0.2) is 36.7 Å². The van der Waals surface area contributed by atoms with Gasteiger partial charge in [0.25, 0.3) is 0 Å². The van der Waals surface area contributed by atoms with E-state index in [0.717, 1.165) is 16.8 Å². The Hall–Kier alpha value is -2.23. The number of aromatic nitrogens is 2. The summed E-state index contributed by atoms with van der Waals surface area (Å²) in [4.78, 5) is 19.9. The lowest BCUT2D eigenvalue weighted by Gasteiger charge is -2.04. The molecule has 92 valence electrons. The van der Waals surface area contributed by atoms with Crippen LogP contribution in [-0.4, -0.2) is 22.5 Å². The number of esters is 1. The van der Waals surface area contributed by atoms with Crippen molar-refractivity contribution in [2.24, 2.45) is 0 Å². The first-order valence-electron chi connectivity index (χ1n) is 5.77. The molecule has 0 aromatic carbocycles. The quantitative estimate of drug-likeness (QED) is 0.776. The molecule has 2 aromatic heterocycles. The van der Waals surface area contributed by atoms with Crippen molar-refractivity contribution in [1.82, 2.24) is 9.97 Å². The average Bonchev–Trinajstić information content (AvgIpc) is 2.39. The van der Waals surface area contributed by atoms with E-state index in [1.807, 2.05) is 25.1 Å². The van der Waals surface area contributed by atoms with E-state index in [0.29, 0.717) is 12.3 Å². The zero-order valence-corrected chi connectivity index (χ0v) is 10.4. The molecule has 0 atom stereocenters. The molecule has 2 rings (SSSR count). The van der Waals surface area contributed by atoms with E-state index in [1.54, 1.807) is 25.4 Å². The molecule has 0 aliphatic heterocycles. The van der Waals surface area contributed by atoms with Crippen molar-refractivity contribution in [3.8, 4) is 11.3 Å². The number of pyridine rings is 2. The molecule has 2 heterocycles. The summed E-state index contributed by atoms with van der Waals surface area (Å²) in [5.74, 6) is -0.410. The van der Waals surface area contributed by atoms with Crippen molar-refractivity contribution in [3.63, 3.8) is 0 Å². The highest BCUT2D eigenvalue weighted by Gasteiger charge is 2.09. The SMILES string of the molecule is CCOC(=O)c1cc(-c2cc(C)ccn2)ccn1. The second kappa shape index (κ2) is 5.40. The van der Waals surface area contributed by atoms with Crippen molar-refractivity contribution in [1.29, 1.82) is 0 Å². The first-order valence-corrected chi connectivity index (χ1v) is 5.77. The zero-order chi connectivity index (χ0) is 13.0. The number of nitrogens with zero attached hydrogens (tertiary/aromatic N) is 2. The van der Waals surface area contributed by atoms with Crippen molar-refractivity contribution >= 4 is 5.97 Å². The predicted molar refractivity (Wildman–Crippen MR) is 68.2 cm³/mol. The van der Waals surface area contributed by atoms with Gasteiger partial charge in [-0.05, 0) is 43.7 Å². The normalized spacial score (nSPS) is 10.1. The maximum Gasteiger partial charge on any atom is 0.356 e. The van der Waals surface area contributed by atoms with E-state index in [2.05, 4.69) is 9.97 Å². The van der Waals surface area contributed by atoms with Crippen LogP contribution < -0.4 is 0 Å². The molecular formula is C14H14N2O2. The molecule has 0 N–H and O–H groups in total. The fourth-order valence-electron chi connectivity index (χ4n) is 1.60. The van der Waals surface area contributed by atoms with E-state index in [1.165, 1.54) is 0 Å². The molecule has 2 aromatic rings. The molecule has 0 bridgehead atoms. The number of rotatable bonds is 3. The zero-order valence-electron chi connectivity index (χ0n) is 10.4. The molecule has 0 saturated carbocycles. The average molecular weight is 242 g/mol. The van der Waals surface area contributed by atoms with Gasteiger partial charge < -0.3 is 4.74 Å². The number of ether oxygens (including phenoxy) is 1. The van der Waals surface area contributed by atoms with Gasteiger partial charge in [-0.15, -0.1) is 0 Å². The Kier molecular flexibility index (Phi) is 3.67. The summed E-state index contributed by atoms with van der Waals surface area (Å²) >= 11 is 0. The lowest BCUT2D eigenvalue weighted by Crippen LogP contribution is -2.06. The molecule has 4 heteroatoms. The van der Waals surface area contributed by atoms with Gasteiger partial charge in [0, 0.05) is 18.0 Å². The van der Waals surface area contributed by atoms with Crippen LogP contribution in [0.4, 0.5) is 0 Å². The Balaban J connectivity index is 2.35. The monoisotopic (exact) mass is 242 g/mol. The lowest BCUT2D eigenvalue weighted by molar-refractivity contribution is 0.0519. The third kappa shape index (κ3) is 2.71. The highest BCUT2D eigenvalue weighted by Crippen LogP contribution is 2.18. The van der Waals surface area contributed by atoms with E-state index in [4.69, 9.17) is 4.74 Å². The van der Waals surface area contributed by atoms with Crippen LogP contribution in [0.25, 0.3) is 11.3 Å². The molecule has 0 unspecified atom stereocenters. The Morgan fingerprint density at radius 3 is 2.72 bits per heavy atom. The Labute approximate surface area is 106 Å². The standard InChI is InChI=1S/C14H14N2O2/c1-3-18-14(17)13-9-11(5-7-16-13)12-8-10(2)4-6-15-12/h4-9H,3H2,1-2H3. The minimum Gasteiger partial charge on any atom is -0.461 e. The van der Waals surface area contributed by atoms with Crippen LogP contribution >= 0.6 is 0 Å². The maximum absolute atomic E-state index is 11.6. The molecule has 0 aliphatic rings. The lowest BCUT2D eigenvalue weighted by atomic mass is 10.1. The predicted octanol–water partition coefficient (Wildman–Crippen LogP) is 2.63. The molecule has 0 amide bonds. The summed E-state index contributed by atoms with van der Waals surface area (Å²) < 4.78 is 4.92. The van der Waals surface area contributed by atoms with Crippen LogP contribution in [0.2, 0.25) is 0 Å². The molecule has 0 saturated heterocycles. The van der Waals surface area contributed by atoms with E-state index < -0.39 is 5.97 Å². The maximum atomic E-state index is 11.6. The van der Waals surface area contributed by atoms with Crippen LogP contribution in [0, 0.1) is 6.92 Å². The van der Waals surface area contributed by atoms with Crippen LogP contribution in [0.1, 0.15) is 23.0 Å². The summed E-state index contributed by atoms with van der Waals surface area (Å²) in [6.07, 6.45) is 3.33. The number of carbonyl (C=O) groups excluding carboxylic acids is 1. The second-order valence-electron chi connectivity index (χ2n) is 3.87. The Morgan fingerprint density at radius 1 is 1.22 bits per heavy atom. The highest BCUT2D eigenvalue weighted by molar-refractivity contribution is 5.88. The van der Waals surface area contributed by atoms with Gasteiger partial charge in [-0.3, -0.25) is 4.98 Å². The van der Waals surface area contributed by atoms with Gasteiger partial charge in [-0.25, -0.2) is 9.78 Å². The van der Waals surface area contributed by atoms with Crippen molar-refractivity contribution < 1.29 is 9.53 Å². The third-order valence-electron chi connectivity index (χ3n) is 2.46. The molecule has 4 nitrogen and oxygen atoms in total. The summed E-state index contributed by atoms with van der Waals surface area (Å²) in [7, 11) is 0.